The molecule has 6 nitrogen and oxygen atoms in total. The van der Waals surface area contributed by atoms with Gasteiger partial charge in [-0.3, -0.25) is 20.4 Å². The fourth-order valence-corrected chi connectivity index (χ4v) is 2.08. The molecule has 1 aromatic heterocycles. The van der Waals surface area contributed by atoms with Crippen LogP contribution in [0.1, 0.15) is 22.7 Å². The molecule has 2 rings (SSSR count). The van der Waals surface area contributed by atoms with Crippen molar-refractivity contribution < 1.29 is 18.7 Å². The van der Waals surface area contributed by atoms with Crippen LogP contribution in [-0.2, 0) is 11.4 Å². The normalized spacial score (nSPS) is 10.1. The summed E-state index contributed by atoms with van der Waals surface area (Å²) in [4.78, 5) is 23.3. The van der Waals surface area contributed by atoms with E-state index >= 15 is 0 Å². The molecule has 0 fully saturated rings. The summed E-state index contributed by atoms with van der Waals surface area (Å²) in [6, 6.07) is 12.5. The lowest BCUT2D eigenvalue weighted by atomic mass is 10.3. The quantitative estimate of drug-likeness (QED) is 0.760. The summed E-state index contributed by atoms with van der Waals surface area (Å²) in [7, 11) is 0. The number of para-hydroxylation sites is 1. The predicted octanol–water partition coefficient (Wildman–Crippen LogP) is 2.37. The van der Waals surface area contributed by atoms with E-state index < -0.39 is 5.91 Å². The monoisotopic (exact) mass is 334 g/mol. The third kappa shape index (κ3) is 5.71. The van der Waals surface area contributed by atoms with Gasteiger partial charge >= 0.3 is 5.91 Å². The smallest absolute Gasteiger partial charge is 0.305 e. The molecule has 1 aromatic carbocycles. The maximum absolute atomic E-state index is 11.8. The minimum absolute atomic E-state index is 0.113. The zero-order valence-electron chi connectivity index (χ0n) is 12.7. The van der Waals surface area contributed by atoms with Gasteiger partial charge in [-0.15, -0.1) is 0 Å². The van der Waals surface area contributed by atoms with Crippen molar-refractivity contribution in [1.29, 1.82) is 0 Å². The number of hydrazine groups is 1. The number of carbonyl (C=O) groups excluding carboxylic acids is 2. The van der Waals surface area contributed by atoms with E-state index in [-0.39, 0.29) is 18.3 Å². The van der Waals surface area contributed by atoms with Crippen LogP contribution in [0.15, 0.2) is 46.9 Å². The average molecular weight is 334 g/mol. The number of ether oxygens (including phenoxy) is 1. The van der Waals surface area contributed by atoms with Crippen molar-refractivity contribution in [2.45, 2.75) is 13.0 Å². The van der Waals surface area contributed by atoms with E-state index in [0.717, 1.165) is 5.75 Å². The number of furan rings is 1. The Labute approximate surface area is 138 Å². The predicted molar refractivity (Wildman–Crippen MR) is 88.1 cm³/mol. The van der Waals surface area contributed by atoms with Crippen LogP contribution in [0.5, 0.6) is 5.75 Å². The molecule has 0 atom stereocenters. The van der Waals surface area contributed by atoms with Crippen LogP contribution < -0.4 is 15.6 Å². The number of carbonyl (C=O) groups is 2. The van der Waals surface area contributed by atoms with Gasteiger partial charge in [-0.2, -0.15) is 11.8 Å². The van der Waals surface area contributed by atoms with Gasteiger partial charge in [0, 0.05) is 12.2 Å². The Morgan fingerprint density at radius 3 is 2.65 bits per heavy atom. The second-order valence-electron chi connectivity index (χ2n) is 4.61. The van der Waals surface area contributed by atoms with Crippen molar-refractivity contribution in [1.82, 2.24) is 10.9 Å². The number of benzene rings is 1. The van der Waals surface area contributed by atoms with Gasteiger partial charge in [0.2, 0.25) is 5.91 Å². The Hall–Kier alpha value is -2.41. The van der Waals surface area contributed by atoms with Gasteiger partial charge in [0.1, 0.15) is 18.1 Å². The topological polar surface area (TPSA) is 80.6 Å². The van der Waals surface area contributed by atoms with Crippen molar-refractivity contribution in [3.63, 3.8) is 0 Å². The van der Waals surface area contributed by atoms with Crippen LogP contribution in [0.25, 0.3) is 0 Å². The molecule has 0 saturated heterocycles. The molecule has 2 aromatic rings. The molecular formula is C16H18N2O4S. The van der Waals surface area contributed by atoms with Crippen LogP contribution >= 0.6 is 11.8 Å². The van der Waals surface area contributed by atoms with Crippen LogP contribution in [0.2, 0.25) is 0 Å². The van der Waals surface area contributed by atoms with E-state index in [1.165, 1.54) is 6.07 Å². The molecule has 0 aliphatic heterocycles. The highest BCUT2D eigenvalue weighted by molar-refractivity contribution is 7.98. The molecule has 0 aliphatic carbocycles. The average Bonchev–Trinajstić information content (AvgIpc) is 3.06. The number of hydrogen-bond donors (Lipinski definition) is 2. The summed E-state index contributed by atoms with van der Waals surface area (Å²) in [6.07, 6.45) is 2.25. The Balaban J connectivity index is 1.79. The second kappa shape index (κ2) is 8.89. The standard InChI is InChI=1S/C16H18N2O4S/c1-23-10-9-15(19)17-18-16(20)14-8-7-13(22-14)11-21-12-5-3-2-4-6-12/h2-8H,9-11H2,1H3,(H,17,19)(H,18,20). The molecule has 122 valence electrons. The summed E-state index contributed by atoms with van der Waals surface area (Å²) >= 11 is 1.56. The molecule has 2 amide bonds. The van der Waals surface area contributed by atoms with Crippen molar-refractivity contribution in [2.75, 3.05) is 12.0 Å². The van der Waals surface area contributed by atoms with E-state index in [9.17, 15) is 9.59 Å². The third-order valence-electron chi connectivity index (χ3n) is 2.86. The number of thioether (sulfide) groups is 1. The Morgan fingerprint density at radius 2 is 1.91 bits per heavy atom. The van der Waals surface area contributed by atoms with Gasteiger partial charge < -0.3 is 9.15 Å². The van der Waals surface area contributed by atoms with Crippen LogP contribution in [0.4, 0.5) is 0 Å². The van der Waals surface area contributed by atoms with E-state index in [1.54, 1.807) is 17.8 Å². The third-order valence-corrected chi connectivity index (χ3v) is 3.47. The minimum Gasteiger partial charge on any atom is -0.486 e. The lowest BCUT2D eigenvalue weighted by Gasteiger charge is -2.05. The van der Waals surface area contributed by atoms with E-state index in [4.69, 9.17) is 9.15 Å². The second-order valence-corrected chi connectivity index (χ2v) is 5.60. The van der Waals surface area contributed by atoms with Gasteiger partial charge in [-0.1, -0.05) is 18.2 Å². The summed E-state index contributed by atoms with van der Waals surface area (Å²) in [6.45, 7) is 0.220. The maximum Gasteiger partial charge on any atom is 0.305 e. The SMILES string of the molecule is CSCCC(=O)NNC(=O)c1ccc(COc2ccccc2)o1. The van der Waals surface area contributed by atoms with Gasteiger partial charge in [-0.05, 0) is 30.5 Å². The van der Waals surface area contributed by atoms with Crippen molar-refractivity contribution >= 4 is 23.6 Å². The first-order valence-electron chi connectivity index (χ1n) is 7.03. The van der Waals surface area contributed by atoms with Gasteiger partial charge in [0.15, 0.2) is 5.76 Å². The molecular weight excluding hydrogens is 316 g/mol. The van der Waals surface area contributed by atoms with Crippen LogP contribution in [0, 0.1) is 0 Å². The van der Waals surface area contributed by atoms with E-state index in [0.29, 0.717) is 17.9 Å². The summed E-state index contributed by atoms with van der Waals surface area (Å²) < 4.78 is 10.9. The largest absolute Gasteiger partial charge is 0.486 e. The lowest BCUT2D eigenvalue weighted by molar-refractivity contribution is -0.121. The lowest BCUT2D eigenvalue weighted by Crippen LogP contribution is -2.41. The Kier molecular flexibility index (Phi) is 6.56. The highest BCUT2D eigenvalue weighted by atomic mass is 32.2. The number of rotatable bonds is 7. The zero-order valence-corrected chi connectivity index (χ0v) is 13.5. The maximum atomic E-state index is 11.8. The zero-order chi connectivity index (χ0) is 16.5. The van der Waals surface area contributed by atoms with Gasteiger partial charge in [0.25, 0.3) is 0 Å². The van der Waals surface area contributed by atoms with Gasteiger partial charge in [-0.25, -0.2) is 0 Å². The highest BCUT2D eigenvalue weighted by Crippen LogP contribution is 2.13. The first-order valence-corrected chi connectivity index (χ1v) is 8.43. The van der Waals surface area contributed by atoms with E-state index in [1.807, 2.05) is 36.6 Å². The molecule has 0 unspecified atom stereocenters. The molecule has 23 heavy (non-hydrogen) atoms. The Morgan fingerprint density at radius 1 is 1.13 bits per heavy atom. The van der Waals surface area contributed by atoms with Crippen molar-refractivity contribution in [3.8, 4) is 5.75 Å². The van der Waals surface area contributed by atoms with Gasteiger partial charge in [0.05, 0.1) is 0 Å². The number of nitrogens with one attached hydrogen (secondary N) is 2. The molecule has 0 bridgehead atoms. The van der Waals surface area contributed by atoms with E-state index in [2.05, 4.69) is 10.9 Å². The fraction of sp³-hybridized carbons (Fsp3) is 0.250. The van der Waals surface area contributed by atoms with Crippen molar-refractivity contribution in [3.05, 3.63) is 54.0 Å². The molecule has 0 spiro atoms. The first kappa shape index (κ1) is 17.0. The summed E-state index contributed by atoms with van der Waals surface area (Å²) in [5, 5.41) is 0. The van der Waals surface area contributed by atoms with Crippen LogP contribution in [-0.4, -0.2) is 23.8 Å². The molecule has 0 saturated carbocycles. The molecule has 1 heterocycles. The fourth-order valence-electron chi connectivity index (χ4n) is 1.69. The number of hydrogen-bond acceptors (Lipinski definition) is 5. The highest BCUT2D eigenvalue weighted by Gasteiger charge is 2.12. The summed E-state index contributed by atoms with van der Waals surface area (Å²) in [5.74, 6) is 1.30. The molecule has 7 heteroatoms. The molecule has 0 aliphatic rings. The minimum atomic E-state index is -0.506. The Bertz CT molecular complexity index is 643. The number of amides is 2. The first-order chi connectivity index (χ1) is 11.2. The van der Waals surface area contributed by atoms with Crippen LogP contribution in [0.3, 0.4) is 0 Å². The molecule has 2 N–H and O–H groups in total. The van der Waals surface area contributed by atoms with Crippen molar-refractivity contribution in [2.24, 2.45) is 0 Å². The molecule has 0 radical (unpaired) electrons. The summed E-state index contributed by atoms with van der Waals surface area (Å²) in [5.41, 5.74) is 4.65.